The molecule has 0 spiro atoms. The van der Waals surface area contributed by atoms with E-state index in [4.69, 9.17) is 10.3 Å². The SMILES string of the molecule is Cn1ccnc1-c1noc(-c2csc(N)n2)n1. The van der Waals surface area contributed by atoms with Gasteiger partial charge in [0.05, 0.1) is 0 Å². The molecular weight excluding hydrogens is 240 g/mol. The topological polar surface area (TPSA) is 95.7 Å². The molecule has 0 aliphatic heterocycles. The van der Waals surface area contributed by atoms with Crippen LogP contribution in [0.2, 0.25) is 0 Å². The molecule has 7 nitrogen and oxygen atoms in total. The number of nitrogen functional groups attached to an aromatic ring is 1. The summed E-state index contributed by atoms with van der Waals surface area (Å²) < 4.78 is 6.93. The molecule has 2 N–H and O–H groups in total. The van der Waals surface area contributed by atoms with Crippen LogP contribution in [0.5, 0.6) is 0 Å². The van der Waals surface area contributed by atoms with E-state index in [2.05, 4.69) is 20.1 Å². The summed E-state index contributed by atoms with van der Waals surface area (Å²) in [5, 5.41) is 6.10. The van der Waals surface area contributed by atoms with Gasteiger partial charge in [-0.25, -0.2) is 9.97 Å². The summed E-state index contributed by atoms with van der Waals surface area (Å²) in [5.41, 5.74) is 6.13. The Morgan fingerprint density at radius 3 is 2.94 bits per heavy atom. The van der Waals surface area contributed by atoms with Crippen molar-refractivity contribution >= 4 is 16.5 Å². The van der Waals surface area contributed by atoms with Crippen molar-refractivity contribution in [1.29, 1.82) is 0 Å². The van der Waals surface area contributed by atoms with Crippen LogP contribution in [0.15, 0.2) is 22.3 Å². The molecule has 86 valence electrons. The van der Waals surface area contributed by atoms with Gasteiger partial charge in [-0.1, -0.05) is 5.16 Å². The summed E-state index contributed by atoms with van der Waals surface area (Å²) in [6, 6.07) is 0. The van der Waals surface area contributed by atoms with Crippen LogP contribution in [-0.4, -0.2) is 24.7 Å². The Bertz CT molecular complexity index is 654. The standard InChI is InChI=1S/C9H8N6OS/c1-15-3-2-11-7(15)6-13-8(16-14-6)5-4-17-9(10)12-5/h2-4H,1H3,(H2,10,12). The second kappa shape index (κ2) is 3.67. The number of thiazole rings is 1. The Hall–Kier alpha value is -2.22. The van der Waals surface area contributed by atoms with E-state index in [1.54, 1.807) is 11.6 Å². The molecular formula is C9H8N6OS. The maximum Gasteiger partial charge on any atom is 0.277 e. The molecule has 0 aromatic carbocycles. The van der Waals surface area contributed by atoms with E-state index in [0.29, 0.717) is 28.4 Å². The summed E-state index contributed by atoms with van der Waals surface area (Å²) in [4.78, 5) is 12.4. The normalized spacial score (nSPS) is 10.9. The lowest BCUT2D eigenvalue weighted by atomic mass is 10.5. The quantitative estimate of drug-likeness (QED) is 0.731. The van der Waals surface area contributed by atoms with Crippen molar-refractivity contribution in [3.8, 4) is 23.2 Å². The number of aryl methyl sites for hydroxylation is 1. The third kappa shape index (κ3) is 1.68. The maximum atomic E-state index is 5.54. The Balaban J connectivity index is 2.01. The lowest BCUT2D eigenvalue weighted by Crippen LogP contribution is -1.92. The first-order chi connectivity index (χ1) is 8.24. The Labute approximate surface area is 99.9 Å². The first kappa shape index (κ1) is 9.97. The molecule has 3 heterocycles. The second-order valence-corrected chi connectivity index (χ2v) is 4.25. The zero-order valence-corrected chi connectivity index (χ0v) is 9.68. The van der Waals surface area contributed by atoms with Crippen molar-refractivity contribution < 1.29 is 4.52 Å². The van der Waals surface area contributed by atoms with Gasteiger partial charge in [0, 0.05) is 24.8 Å². The number of anilines is 1. The summed E-state index contributed by atoms with van der Waals surface area (Å²) in [6.45, 7) is 0. The molecule has 3 aromatic rings. The van der Waals surface area contributed by atoms with Gasteiger partial charge in [0.1, 0.15) is 5.69 Å². The molecule has 0 fully saturated rings. The highest BCUT2D eigenvalue weighted by Crippen LogP contribution is 2.23. The molecule has 0 saturated heterocycles. The number of hydrogen-bond acceptors (Lipinski definition) is 7. The van der Waals surface area contributed by atoms with Crippen molar-refractivity contribution in [2.45, 2.75) is 0 Å². The number of nitrogens with two attached hydrogens (primary N) is 1. The van der Waals surface area contributed by atoms with Gasteiger partial charge < -0.3 is 14.8 Å². The molecule has 0 saturated carbocycles. The highest BCUT2D eigenvalue weighted by atomic mass is 32.1. The summed E-state index contributed by atoms with van der Waals surface area (Å²) >= 11 is 1.33. The minimum Gasteiger partial charge on any atom is -0.375 e. The number of nitrogens with zero attached hydrogens (tertiary/aromatic N) is 5. The van der Waals surface area contributed by atoms with Gasteiger partial charge in [0.25, 0.3) is 5.89 Å². The van der Waals surface area contributed by atoms with Gasteiger partial charge in [-0.2, -0.15) is 4.98 Å². The number of imidazole rings is 1. The van der Waals surface area contributed by atoms with Crippen LogP contribution in [0.25, 0.3) is 23.2 Å². The van der Waals surface area contributed by atoms with Crippen LogP contribution in [0.1, 0.15) is 0 Å². The van der Waals surface area contributed by atoms with Gasteiger partial charge in [-0.3, -0.25) is 0 Å². The highest BCUT2D eigenvalue weighted by molar-refractivity contribution is 7.13. The summed E-state index contributed by atoms with van der Waals surface area (Å²) in [5.74, 6) is 1.42. The van der Waals surface area contributed by atoms with Crippen LogP contribution in [0.4, 0.5) is 5.13 Å². The molecule has 0 unspecified atom stereocenters. The lowest BCUT2D eigenvalue weighted by Gasteiger charge is -1.92. The van der Waals surface area contributed by atoms with E-state index in [-0.39, 0.29) is 0 Å². The van der Waals surface area contributed by atoms with Crippen LogP contribution >= 0.6 is 11.3 Å². The molecule has 0 aliphatic carbocycles. The predicted octanol–water partition coefficient (Wildman–Crippen LogP) is 1.18. The zero-order valence-electron chi connectivity index (χ0n) is 8.86. The van der Waals surface area contributed by atoms with Crippen LogP contribution in [-0.2, 0) is 7.05 Å². The van der Waals surface area contributed by atoms with E-state index in [9.17, 15) is 0 Å². The maximum absolute atomic E-state index is 5.54. The number of hydrogen-bond donors (Lipinski definition) is 1. The minimum absolute atomic E-state index is 0.343. The lowest BCUT2D eigenvalue weighted by molar-refractivity contribution is 0.430. The Morgan fingerprint density at radius 2 is 2.29 bits per heavy atom. The van der Waals surface area contributed by atoms with E-state index >= 15 is 0 Å². The van der Waals surface area contributed by atoms with E-state index in [1.165, 1.54) is 11.3 Å². The molecule has 3 aromatic heterocycles. The van der Waals surface area contributed by atoms with Crippen molar-refractivity contribution in [3.63, 3.8) is 0 Å². The predicted molar refractivity (Wildman–Crippen MR) is 62.0 cm³/mol. The fourth-order valence-corrected chi connectivity index (χ4v) is 1.92. The molecule has 8 heteroatoms. The number of aromatic nitrogens is 5. The number of rotatable bonds is 2. The molecule has 0 bridgehead atoms. The van der Waals surface area contributed by atoms with Crippen LogP contribution < -0.4 is 5.73 Å². The second-order valence-electron chi connectivity index (χ2n) is 3.36. The van der Waals surface area contributed by atoms with Gasteiger partial charge in [-0.15, -0.1) is 11.3 Å². The third-order valence-corrected chi connectivity index (χ3v) is 2.86. The molecule has 3 rings (SSSR count). The van der Waals surface area contributed by atoms with Crippen molar-refractivity contribution in [3.05, 3.63) is 17.8 Å². The minimum atomic E-state index is 0.343. The Kier molecular flexibility index (Phi) is 2.15. The van der Waals surface area contributed by atoms with E-state index < -0.39 is 0 Å². The van der Waals surface area contributed by atoms with Gasteiger partial charge in [-0.05, 0) is 0 Å². The fourth-order valence-electron chi connectivity index (χ4n) is 1.39. The van der Waals surface area contributed by atoms with Crippen LogP contribution in [0.3, 0.4) is 0 Å². The summed E-state index contributed by atoms with van der Waals surface area (Å²) in [6.07, 6.45) is 3.48. The zero-order chi connectivity index (χ0) is 11.8. The first-order valence-electron chi connectivity index (χ1n) is 4.77. The average molecular weight is 248 g/mol. The highest BCUT2D eigenvalue weighted by Gasteiger charge is 2.15. The smallest absolute Gasteiger partial charge is 0.277 e. The van der Waals surface area contributed by atoms with Gasteiger partial charge >= 0.3 is 0 Å². The van der Waals surface area contributed by atoms with Gasteiger partial charge in [0.2, 0.25) is 5.82 Å². The average Bonchev–Trinajstić information content (AvgIpc) is 2.97. The summed E-state index contributed by atoms with van der Waals surface area (Å²) in [7, 11) is 1.86. The van der Waals surface area contributed by atoms with Crippen molar-refractivity contribution in [2.24, 2.45) is 7.05 Å². The van der Waals surface area contributed by atoms with Crippen LogP contribution in [0, 0.1) is 0 Å². The monoisotopic (exact) mass is 248 g/mol. The molecule has 0 amide bonds. The molecule has 0 radical (unpaired) electrons. The van der Waals surface area contributed by atoms with Crippen molar-refractivity contribution in [1.82, 2.24) is 24.7 Å². The molecule has 0 aliphatic rings. The molecule has 0 atom stereocenters. The third-order valence-electron chi connectivity index (χ3n) is 2.19. The molecule has 17 heavy (non-hydrogen) atoms. The first-order valence-corrected chi connectivity index (χ1v) is 5.65. The largest absolute Gasteiger partial charge is 0.375 e. The van der Waals surface area contributed by atoms with Crippen molar-refractivity contribution in [2.75, 3.05) is 5.73 Å². The van der Waals surface area contributed by atoms with E-state index in [1.807, 2.05) is 17.8 Å². The fraction of sp³-hybridized carbons (Fsp3) is 0.111. The van der Waals surface area contributed by atoms with Gasteiger partial charge in [0.15, 0.2) is 11.0 Å². The Morgan fingerprint density at radius 1 is 1.41 bits per heavy atom. The van der Waals surface area contributed by atoms with E-state index in [0.717, 1.165) is 0 Å².